The molecule has 0 radical (unpaired) electrons. The van der Waals surface area contributed by atoms with Crippen molar-refractivity contribution in [2.75, 3.05) is 13.2 Å². The molecule has 0 spiro atoms. The van der Waals surface area contributed by atoms with Crippen LogP contribution in [0.2, 0.25) is 0 Å². The summed E-state index contributed by atoms with van der Waals surface area (Å²) in [6, 6.07) is -0.181. The van der Waals surface area contributed by atoms with Gasteiger partial charge in [-0.15, -0.1) is 0 Å². The van der Waals surface area contributed by atoms with Crippen LogP contribution < -0.4 is 5.32 Å². The number of aromatic nitrogens is 2. The first-order valence-corrected chi connectivity index (χ1v) is 4.60. The number of hydrogen-bond acceptors (Lipinski definition) is 3. The van der Waals surface area contributed by atoms with E-state index >= 15 is 0 Å². The van der Waals surface area contributed by atoms with Crippen molar-refractivity contribution in [3.63, 3.8) is 0 Å². The summed E-state index contributed by atoms with van der Waals surface area (Å²) in [7, 11) is 0. The molecule has 1 N–H and O–H groups in total. The Hall–Kier alpha value is -1.36. The Kier molecular flexibility index (Phi) is 4.12. The van der Waals surface area contributed by atoms with Crippen LogP contribution in [0.15, 0.2) is 18.7 Å². The topological polar surface area (TPSA) is 56.1 Å². The number of ether oxygens (including phenoxy) is 1. The number of carbonyl (C=O) groups excluding carboxylic acids is 1. The van der Waals surface area contributed by atoms with Crippen LogP contribution in [0.25, 0.3) is 0 Å². The summed E-state index contributed by atoms with van der Waals surface area (Å²) < 4.78 is 6.57. The van der Waals surface area contributed by atoms with Crippen molar-refractivity contribution in [1.29, 1.82) is 0 Å². The van der Waals surface area contributed by atoms with Gasteiger partial charge in [0.15, 0.2) is 0 Å². The van der Waals surface area contributed by atoms with Crippen LogP contribution in [0.5, 0.6) is 0 Å². The minimum absolute atomic E-state index is 0.00449. The molecule has 0 aliphatic heterocycles. The highest BCUT2D eigenvalue weighted by molar-refractivity contribution is 5.76. The number of hydrogen-bond donors (Lipinski definition) is 1. The molecule has 1 atom stereocenters. The van der Waals surface area contributed by atoms with Crippen LogP contribution in [0.1, 0.15) is 13.8 Å². The van der Waals surface area contributed by atoms with Crippen LogP contribution in [-0.4, -0.2) is 34.8 Å². The Morgan fingerprint density at radius 1 is 1.71 bits per heavy atom. The summed E-state index contributed by atoms with van der Waals surface area (Å²) in [6.45, 7) is 5.00. The second kappa shape index (κ2) is 5.39. The Bertz CT molecular complexity index is 272. The first-order valence-electron chi connectivity index (χ1n) is 4.60. The van der Waals surface area contributed by atoms with E-state index in [0.717, 1.165) is 0 Å². The van der Waals surface area contributed by atoms with Crippen molar-refractivity contribution in [2.24, 2.45) is 0 Å². The van der Waals surface area contributed by atoms with Crippen LogP contribution >= 0.6 is 0 Å². The lowest BCUT2D eigenvalue weighted by molar-refractivity contribution is 0.128. The van der Waals surface area contributed by atoms with Gasteiger partial charge in [-0.3, -0.25) is 4.57 Å². The zero-order valence-electron chi connectivity index (χ0n) is 8.43. The zero-order chi connectivity index (χ0) is 10.4. The Balaban J connectivity index is 2.34. The molecule has 0 fully saturated rings. The van der Waals surface area contributed by atoms with E-state index in [1.165, 1.54) is 10.9 Å². The van der Waals surface area contributed by atoms with E-state index < -0.39 is 0 Å². The molecule has 0 aliphatic carbocycles. The lowest BCUT2D eigenvalue weighted by atomic mass is 10.4. The number of nitrogens with one attached hydrogen (secondary N) is 1. The van der Waals surface area contributed by atoms with Crippen LogP contribution in [0.3, 0.4) is 0 Å². The maximum absolute atomic E-state index is 11.4. The summed E-state index contributed by atoms with van der Waals surface area (Å²) in [4.78, 5) is 15.2. The minimum atomic E-state index is -0.185. The molecule has 1 rings (SSSR count). The largest absolute Gasteiger partial charge is 0.380 e. The van der Waals surface area contributed by atoms with Gasteiger partial charge in [-0.25, -0.2) is 9.78 Å². The molecule has 5 heteroatoms. The van der Waals surface area contributed by atoms with Gasteiger partial charge in [0.05, 0.1) is 12.6 Å². The summed E-state index contributed by atoms with van der Waals surface area (Å²) in [5.74, 6) is 0. The van der Waals surface area contributed by atoms with Gasteiger partial charge in [0.2, 0.25) is 0 Å². The smallest absolute Gasteiger partial charge is 0.327 e. The molecule has 0 aromatic carbocycles. The first-order chi connectivity index (χ1) is 6.74. The Labute approximate surface area is 83.1 Å². The van der Waals surface area contributed by atoms with E-state index in [0.29, 0.717) is 13.2 Å². The van der Waals surface area contributed by atoms with Crippen molar-refractivity contribution in [2.45, 2.75) is 19.9 Å². The highest BCUT2D eigenvalue weighted by atomic mass is 16.5. The number of imidazole rings is 1. The fraction of sp³-hybridized carbons (Fsp3) is 0.556. The summed E-state index contributed by atoms with van der Waals surface area (Å²) in [5, 5.41) is 2.78. The lowest BCUT2D eigenvalue weighted by Gasteiger charge is -2.13. The van der Waals surface area contributed by atoms with Crippen molar-refractivity contribution in [3.8, 4) is 0 Å². The van der Waals surface area contributed by atoms with E-state index in [-0.39, 0.29) is 12.1 Å². The first kappa shape index (κ1) is 10.7. The van der Waals surface area contributed by atoms with Crippen LogP contribution in [0, 0.1) is 0 Å². The maximum Gasteiger partial charge on any atom is 0.327 e. The molecule has 5 nitrogen and oxygen atoms in total. The standard InChI is InChI=1S/C9H15N3O2/c1-3-14-6-8(2)11-9(13)12-5-4-10-7-12/h4-5,7-8H,3,6H2,1-2H3,(H,11,13). The van der Waals surface area contributed by atoms with E-state index in [2.05, 4.69) is 10.3 Å². The van der Waals surface area contributed by atoms with Gasteiger partial charge in [0, 0.05) is 19.0 Å². The van der Waals surface area contributed by atoms with E-state index in [1.807, 2.05) is 13.8 Å². The molecule has 1 aromatic rings. The molecule has 0 saturated carbocycles. The molecule has 0 bridgehead atoms. The van der Waals surface area contributed by atoms with Gasteiger partial charge in [-0.1, -0.05) is 0 Å². The van der Waals surface area contributed by atoms with E-state index in [1.54, 1.807) is 12.4 Å². The van der Waals surface area contributed by atoms with E-state index in [9.17, 15) is 4.79 Å². The van der Waals surface area contributed by atoms with Crippen molar-refractivity contribution < 1.29 is 9.53 Å². The molecule has 14 heavy (non-hydrogen) atoms. The predicted octanol–water partition coefficient (Wildman–Crippen LogP) is 0.866. The number of nitrogens with zero attached hydrogens (tertiary/aromatic N) is 2. The SMILES string of the molecule is CCOCC(C)NC(=O)n1ccnc1. The fourth-order valence-corrected chi connectivity index (χ4v) is 1.00. The molecule has 1 aromatic heterocycles. The summed E-state index contributed by atoms with van der Waals surface area (Å²) >= 11 is 0. The molecular formula is C9H15N3O2. The monoisotopic (exact) mass is 197 g/mol. The normalized spacial score (nSPS) is 12.4. The second-order valence-corrected chi connectivity index (χ2v) is 2.98. The molecule has 1 unspecified atom stereocenters. The van der Waals surface area contributed by atoms with Crippen LogP contribution in [-0.2, 0) is 4.74 Å². The van der Waals surface area contributed by atoms with E-state index in [4.69, 9.17) is 4.74 Å². The minimum Gasteiger partial charge on any atom is -0.380 e. The van der Waals surface area contributed by atoms with Crippen molar-refractivity contribution in [3.05, 3.63) is 18.7 Å². The maximum atomic E-state index is 11.4. The van der Waals surface area contributed by atoms with Gasteiger partial charge in [-0.05, 0) is 13.8 Å². The van der Waals surface area contributed by atoms with Gasteiger partial charge in [0.25, 0.3) is 0 Å². The van der Waals surface area contributed by atoms with Gasteiger partial charge in [0.1, 0.15) is 6.33 Å². The van der Waals surface area contributed by atoms with Crippen molar-refractivity contribution in [1.82, 2.24) is 14.9 Å². The molecular weight excluding hydrogens is 182 g/mol. The Morgan fingerprint density at radius 2 is 2.50 bits per heavy atom. The highest BCUT2D eigenvalue weighted by Crippen LogP contribution is 1.89. The van der Waals surface area contributed by atoms with Crippen LogP contribution in [0.4, 0.5) is 4.79 Å². The predicted molar refractivity (Wildman–Crippen MR) is 52.1 cm³/mol. The molecule has 0 aliphatic rings. The van der Waals surface area contributed by atoms with Gasteiger partial charge >= 0.3 is 6.03 Å². The van der Waals surface area contributed by atoms with Gasteiger partial charge in [-0.2, -0.15) is 0 Å². The zero-order valence-corrected chi connectivity index (χ0v) is 8.43. The van der Waals surface area contributed by atoms with Gasteiger partial charge < -0.3 is 10.1 Å². The number of amides is 1. The third-order valence-electron chi connectivity index (χ3n) is 1.68. The number of rotatable bonds is 4. The molecule has 78 valence electrons. The summed E-state index contributed by atoms with van der Waals surface area (Å²) in [5.41, 5.74) is 0. The quantitative estimate of drug-likeness (QED) is 0.779. The fourth-order valence-electron chi connectivity index (χ4n) is 1.00. The second-order valence-electron chi connectivity index (χ2n) is 2.98. The molecule has 1 heterocycles. The molecule has 0 saturated heterocycles. The third kappa shape index (κ3) is 3.18. The number of carbonyl (C=O) groups is 1. The Morgan fingerprint density at radius 3 is 3.07 bits per heavy atom. The average molecular weight is 197 g/mol. The third-order valence-corrected chi connectivity index (χ3v) is 1.68. The molecule has 1 amide bonds. The van der Waals surface area contributed by atoms with Crippen molar-refractivity contribution >= 4 is 6.03 Å². The highest BCUT2D eigenvalue weighted by Gasteiger charge is 2.07. The summed E-state index contributed by atoms with van der Waals surface area (Å²) in [6.07, 6.45) is 4.62. The lowest BCUT2D eigenvalue weighted by Crippen LogP contribution is -2.38. The average Bonchev–Trinajstić information content (AvgIpc) is 2.67.